The van der Waals surface area contributed by atoms with Gasteiger partial charge in [0.1, 0.15) is 11.6 Å². The van der Waals surface area contributed by atoms with Crippen molar-refractivity contribution in [2.45, 2.75) is 103 Å². The summed E-state index contributed by atoms with van der Waals surface area (Å²) < 4.78 is 30.1. The van der Waals surface area contributed by atoms with Crippen molar-refractivity contribution in [1.82, 2.24) is 0 Å². The highest BCUT2D eigenvalue weighted by Gasteiger charge is 2.36. The van der Waals surface area contributed by atoms with Crippen LogP contribution < -0.4 is 0 Å². The predicted molar refractivity (Wildman–Crippen MR) is 137 cm³/mol. The average Bonchev–Trinajstić information content (AvgIpc) is 2.82. The Labute approximate surface area is 199 Å². The Morgan fingerprint density at radius 1 is 0.879 bits per heavy atom. The number of hydrogen-bond donors (Lipinski definition) is 0. The van der Waals surface area contributed by atoms with Crippen LogP contribution in [0, 0.1) is 29.4 Å². The highest BCUT2D eigenvalue weighted by Crippen LogP contribution is 2.49. The number of hydrogen-bond acceptors (Lipinski definition) is 0. The van der Waals surface area contributed by atoms with Crippen LogP contribution in [-0.4, -0.2) is 0 Å². The van der Waals surface area contributed by atoms with Gasteiger partial charge in [-0.05, 0) is 103 Å². The fourth-order valence-electron chi connectivity index (χ4n) is 6.71. The number of benzene rings is 2. The first-order valence-corrected chi connectivity index (χ1v) is 13.6. The lowest BCUT2D eigenvalue weighted by molar-refractivity contribution is 0.112. The Balaban J connectivity index is 1.39. The first-order chi connectivity index (χ1) is 16.1. The average molecular weight is 453 g/mol. The molecule has 0 spiro atoms. The van der Waals surface area contributed by atoms with Gasteiger partial charge in [-0.3, -0.25) is 0 Å². The van der Waals surface area contributed by atoms with Gasteiger partial charge >= 0.3 is 0 Å². The molecule has 0 aromatic heterocycles. The second-order valence-electron chi connectivity index (χ2n) is 10.9. The number of fused-ring (bicyclic) bond motifs is 2. The summed E-state index contributed by atoms with van der Waals surface area (Å²) in [4.78, 5) is 0. The molecule has 2 aromatic carbocycles. The number of aryl methyl sites for hydroxylation is 1. The van der Waals surface area contributed by atoms with Gasteiger partial charge in [0.2, 0.25) is 0 Å². The van der Waals surface area contributed by atoms with Crippen LogP contribution in [0.25, 0.3) is 10.8 Å². The lowest BCUT2D eigenvalue weighted by Gasteiger charge is -2.42. The second kappa shape index (κ2) is 11.6. The Morgan fingerprint density at radius 2 is 1.67 bits per heavy atom. The maximum atomic E-state index is 15.2. The van der Waals surface area contributed by atoms with Crippen LogP contribution in [-0.2, 0) is 6.42 Å². The van der Waals surface area contributed by atoms with Crippen LogP contribution in [0.3, 0.4) is 0 Å². The number of allylic oxidation sites excluding steroid dienone is 1. The van der Waals surface area contributed by atoms with Crippen molar-refractivity contribution in [2.75, 3.05) is 0 Å². The molecule has 33 heavy (non-hydrogen) atoms. The third kappa shape index (κ3) is 6.06. The minimum Gasteiger partial charge on any atom is -0.207 e. The van der Waals surface area contributed by atoms with Gasteiger partial charge in [0.05, 0.1) is 0 Å². The van der Waals surface area contributed by atoms with Crippen molar-refractivity contribution in [3.8, 4) is 0 Å². The molecule has 0 saturated heterocycles. The van der Waals surface area contributed by atoms with Crippen molar-refractivity contribution in [1.29, 1.82) is 0 Å². The molecule has 2 aliphatic carbocycles. The Bertz CT molecular complexity index is 930. The van der Waals surface area contributed by atoms with E-state index in [0.29, 0.717) is 10.8 Å². The van der Waals surface area contributed by atoms with Crippen LogP contribution in [0.4, 0.5) is 8.78 Å². The van der Waals surface area contributed by atoms with Gasteiger partial charge in [-0.1, -0.05) is 64.0 Å². The summed E-state index contributed by atoms with van der Waals surface area (Å²) in [5.74, 6) is 2.32. The topological polar surface area (TPSA) is 0 Å². The van der Waals surface area contributed by atoms with Crippen molar-refractivity contribution in [2.24, 2.45) is 17.8 Å². The summed E-state index contributed by atoms with van der Waals surface area (Å²) in [5.41, 5.74) is 1.66. The van der Waals surface area contributed by atoms with E-state index >= 15 is 4.39 Å². The molecule has 4 atom stereocenters. The molecular weight excluding hydrogens is 410 g/mol. The molecule has 0 heterocycles. The molecule has 2 unspecified atom stereocenters. The third-order valence-electron chi connectivity index (χ3n) is 8.59. The molecule has 2 heteroatoms. The summed E-state index contributed by atoms with van der Waals surface area (Å²) >= 11 is 0. The van der Waals surface area contributed by atoms with Crippen molar-refractivity contribution in [3.63, 3.8) is 0 Å². The van der Waals surface area contributed by atoms with Gasteiger partial charge < -0.3 is 0 Å². The Morgan fingerprint density at radius 3 is 2.48 bits per heavy atom. The molecular formula is C31H42F2. The molecule has 4 rings (SSSR count). The lowest BCUT2D eigenvalue weighted by Crippen LogP contribution is -2.30. The summed E-state index contributed by atoms with van der Waals surface area (Å²) in [5, 5.41) is 1.26. The van der Waals surface area contributed by atoms with E-state index in [1.807, 2.05) is 18.2 Å². The molecule has 0 aliphatic heterocycles. The summed E-state index contributed by atoms with van der Waals surface area (Å²) in [6, 6.07) is 6.96. The fourth-order valence-corrected chi connectivity index (χ4v) is 6.71. The van der Waals surface area contributed by atoms with E-state index in [-0.39, 0.29) is 17.6 Å². The SMILES string of the molecule is C=CCCc1cc(F)c2cc([C@@H]3CC[C@@H]4CC(CCCCCCC)CCC4C3)c(F)cc2c1. The van der Waals surface area contributed by atoms with E-state index in [4.69, 9.17) is 0 Å². The zero-order valence-corrected chi connectivity index (χ0v) is 20.6. The quantitative estimate of drug-likeness (QED) is 0.248. The molecule has 0 bridgehead atoms. The standard InChI is InChI=1S/C31H42F2/c1-3-5-7-8-9-11-22-12-13-25-19-26(15-14-24(25)16-22)28-21-29-27(20-31(28)33)17-23(10-6-4-2)18-30(29)32/h4,17-18,20-22,24-26H,2-3,5-16,19H2,1H3/t22?,24-,25?,26-/m1/s1. The zero-order valence-electron chi connectivity index (χ0n) is 20.6. The van der Waals surface area contributed by atoms with E-state index in [9.17, 15) is 4.39 Å². The molecule has 0 nitrogen and oxygen atoms in total. The molecule has 0 radical (unpaired) electrons. The second-order valence-corrected chi connectivity index (χ2v) is 10.9. The van der Waals surface area contributed by atoms with Crippen LogP contribution in [0.5, 0.6) is 0 Å². The first kappa shape index (κ1) is 24.4. The van der Waals surface area contributed by atoms with Gasteiger partial charge in [0.15, 0.2) is 0 Å². The maximum Gasteiger partial charge on any atom is 0.131 e. The highest BCUT2D eigenvalue weighted by atomic mass is 19.1. The van der Waals surface area contributed by atoms with Crippen molar-refractivity contribution >= 4 is 10.8 Å². The zero-order chi connectivity index (χ0) is 23.2. The van der Waals surface area contributed by atoms with E-state index in [0.717, 1.165) is 54.6 Å². The highest BCUT2D eigenvalue weighted by molar-refractivity contribution is 5.85. The maximum absolute atomic E-state index is 15.2. The van der Waals surface area contributed by atoms with Crippen LogP contribution in [0.15, 0.2) is 36.9 Å². The number of unbranched alkanes of at least 4 members (excludes halogenated alkanes) is 4. The molecule has 2 saturated carbocycles. The van der Waals surface area contributed by atoms with E-state index in [1.165, 1.54) is 64.2 Å². The number of rotatable bonds is 10. The minimum atomic E-state index is -0.221. The largest absolute Gasteiger partial charge is 0.207 e. The smallest absolute Gasteiger partial charge is 0.131 e. The first-order valence-electron chi connectivity index (χ1n) is 13.6. The van der Waals surface area contributed by atoms with Crippen molar-refractivity contribution in [3.05, 3.63) is 59.7 Å². The van der Waals surface area contributed by atoms with E-state index in [1.54, 1.807) is 12.1 Å². The van der Waals surface area contributed by atoms with Crippen molar-refractivity contribution < 1.29 is 8.78 Å². The summed E-state index contributed by atoms with van der Waals surface area (Å²) in [7, 11) is 0. The molecule has 0 amide bonds. The number of halogens is 2. The molecule has 2 aliphatic rings. The normalized spacial score (nSPS) is 25.2. The molecule has 0 N–H and O–H groups in total. The minimum absolute atomic E-state index is 0.146. The molecule has 180 valence electrons. The van der Waals surface area contributed by atoms with Gasteiger partial charge in [0.25, 0.3) is 0 Å². The third-order valence-corrected chi connectivity index (χ3v) is 8.59. The molecule has 2 aromatic rings. The van der Waals surface area contributed by atoms with E-state index in [2.05, 4.69) is 13.5 Å². The summed E-state index contributed by atoms with van der Waals surface area (Å²) in [6.07, 6.45) is 19.0. The Kier molecular flexibility index (Phi) is 8.61. The van der Waals surface area contributed by atoms with Crippen LogP contribution in [0.2, 0.25) is 0 Å². The van der Waals surface area contributed by atoms with Gasteiger partial charge in [-0.2, -0.15) is 0 Å². The van der Waals surface area contributed by atoms with Gasteiger partial charge in [0, 0.05) is 5.39 Å². The predicted octanol–water partition coefficient (Wildman–Crippen LogP) is 9.90. The lowest BCUT2D eigenvalue weighted by atomic mass is 9.63. The van der Waals surface area contributed by atoms with Crippen LogP contribution >= 0.6 is 0 Å². The van der Waals surface area contributed by atoms with Gasteiger partial charge in [-0.25, -0.2) is 8.78 Å². The Hall–Kier alpha value is -1.70. The fraction of sp³-hybridized carbons (Fsp3) is 0.613. The van der Waals surface area contributed by atoms with Gasteiger partial charge in [-0.15, -0.1) is 6.58 Å². The van der Waals surface area contributed by atoms with Crippen LogP contribution in [0.1, 0.15) is 107 Å². The van der Waals surface area contributed by atoms with E-state index < -0.39 is 0 Å². The monoisotopic (exact) mass is 452 g/mol. The summed E-state index contributed by atoms with van der Waals surface area (Å²) in [6.45, 7) is 6.02. The molecule has 2 fully saturated rings.